The lowest BCUT2D eigenvalue weighted by Crippen LogP contribution is -2.40. The first kappa shape index (κ1) is 12.7. The van der Waals surface area contributed by atoms with Gasteiger partial charge in [0, 0.05) is 12.2 Å². The van der Waals surface area contributed by atoms with Crippen molar-refractivity contribution >= 4 is 11.6 Å². The molecule has 0 radical (unpaired) electrons. The summed E-state index contributed by atoms with van der Waals surface area (Å²) >= 11 is 0. The topological polar surface area (TPSA) is 32.3 Å². The van der Waals surface area contributed by atoms with Crippen molar-refractivity contribution in [3.8, 4) is 0 Å². The summed E-state index contributed by atoms with van der Waals surface area (Å²) in [5, 5.41) is 3.30. The molecule has 1 aromatic rings. The number of para-hydroxylation sites is 1. The Bertz CT molecular complexity index is 424. The summed E-state index contributed by atoms with van der Waals surface area (Å²) in [6.45, 7) is 2.35. The zero-order valence-electron chi connectivity index (χ0n) is 11.3. The Morgan fingerprint density at radius 1 is 1.11 bits per heavy atom. The molecular weight excluding hydrogens is 236 g/mol. The van der Waals surface area contributed by atoms with E-state index < -0.39 is 0 Å². The molecular formula is C16H22N2O. The first-order valence-corrected chi connectivity index (χ1v) is 7.39. The molecule has 1 amide bonds. The number of hydrogen-bond donors (Lipinski definition) is 1. The molecule has 0 unspecified atom stereocenters. The summed E-state index contributed by atoms with van der Waals surface area (Å²) in [5.41, 5.74) is 1.03. The predicted octanol–water partition coefficient (Wildman–Crippen LogP) is 2.43. The van der Waals surface area contributed by atoms with Gasteiger partial charge in [-0.05, 0) is 56.2 Å². The molecule has 3 rings (SSSR count). The van der Waals surface area contributed by atoms with Crippen LogP contribution in [0.3, 0.4) is 0 Å². The summed E-state index contributed by atoms with van der Waals surface area (Å²) in [5.74, 6) is 1.74. The third kappa shape index (κ3) is 3.80. The number of amides is 1. The molecule has 3 nitrogen and oxygen atoms in total. The van der Waals surface area contributed by atoms with Crippen LogP contribution >= 0.6 is 0 Å². The van der Waals surface area contributed by atoms with Gasteiger partial charge in [-0.2, -0.15) is 0 Å². The molecule has 3 heteroatoms. The van der Waals surface area contributed by atoms with Crippen LogP contribution in [0.25, 0.3) is 0 Å². The number of hydrogen-bond acceptors (Lipinski definition) is 2. The lowest BCUT2D eigenvalue weighted by Gasteiger charge is -2.23. The van der Waals surface area contributed by atoms with Crippen LogP contribution in [0.5, 0.6) is 0 Å². The molecule has 19 heavy (non-hydrogen) atoms. The highest BCUT2D eigenvalue weighted by molar-refractivity contribution is 5.94. The molecule has 2 aliphatic rings. The molecule has 2 fully saturated rings. The summed E-state index contributed by atoms with van der Waals surface area (Å²) in [7, 11) is 0. The average molecular weight is 258 g/mol. The zero-order chi connectivity index (χ0) is 13.1. The fourth-order valence-electron chi connectivity index (χ4n) is 2.32. The van der Waals surface area contributed by atoms with E-state index in [4.69, 9.17) is 0 Å². The molecule has 0 saturated heterocycles. The van der Waals surface area contributed by atoms with Gasteiger partial charge in [-0.15, -0.1) is 0 Å². The van der Waals surface area contributed by atoms with Crippen molar-refractivity contribution in [1.29, 1.82) is 0 Å². The maximum Gasteiger partial charge on any atom is 0.240 e. The third-order valence-electron chi connectivity index (χ3n) is 3.91. The van der Waals surface area contributed by atoms with Gasteiger partial charge in [0.2, 0.25) is 5.91 Å². The molecule has 0 bridgehead atoms. The normalized spacial score (nSPS) is 18.3. The number of nitrogens with zero attached hydrogens (tertiary/aromatic N) is 1. The van der Waals surface area contributed by atoms with E-state index in [2.05, 4.69) is 5.32 Å². The number of carbonyl (C=O) groups is 1. The van der Waals surface area contributed by atoms with E-state index >= 15 is 0 Å². The van der Waals surface area contributed by atoms with Crippen molar-refractivity contribution in [2.75, 3.05) is 24.5 Å². The summed E-state index contributed by atoms with van der Waals surface area (Å²) in [6, 6.07) is 10.1. The second-order valence-electron chi connectivity index (χ2n) is 5.86. The quantitative estimate of drug-likeness (QED) is 0.814. The second-order valence-corrected chi connectivity index (χ2v) is 5.86. The summed E-state index contributed by atoms with van der Waals surface area (Å²) in [4.78, 5) is 14.3. The van der Waals surface area contributed by atoms with Crippen molar-refractivity contribution in [3.63, 3.8) is 0 Å². The minimum atomic E-state index is 0.207. The van der Waals surface area contributed by atoms with Crippen LogP contribution in [0.15, 0.2) is 30.3 Å². The van der Waals surface area contributed by atoms with Crippen LogP contribution in [-0.4, -0.2) is 25.5 Å². The van der Waals surface area contributed by atoms with Crippen molar-refractivity contribution in [1.82, 2.24) is 5.32 Å². The number of anilines is 1. The summed E-state index contributed by atoms with van der Waals surface area (Å²) in [6.07, 6.45) is 5.19. The van der Waals surface area contributed by atoms with Gasteiger partial charge in [0.05, 0.1) is 6.54 Å². The van der Waals surface area contributed by atoms with Crippen LogP contribution in [0.1, 0.15) is 25.7 Å². The maximum atomic E-state index is 12.4. The van der Waals surface area contributed by atoms with Crippen LogP contribution in [0.2, 0.25) is 0 Å². The fraction of sp³-hybridized carbons (Fsp3) is 0.562. The summed E-state index contributed by atoms with van der Waals surface area (Å²) < 4.78 is 0. The van der Waals surface area contributed by atoms with E-state index in [0.717, 1.165) is 24.7 Å². The molecule has 1 aromatic carbocycles. The Hall–Kier alpha value is -1.35. The molecule has 2 saturated carbocycles. The molecule has 2 aliphatic carbocycles. The molecule has 0 aliphatic heterocycles. The third-order valence-corrected chi connectivity index (χ3v) is 3.91. The van der Waals surface area contributed by atoms with E-state index in [1.807, 2.05) is 35.2 Å². The molecule has 0 heterocycles. The van der Waals surface area contributed by atoms with Gasteiger partial charge in [0.25, 0.3) is 0 Å². The Labute approximate surface area is 115 Å². The van der Waals surface area contributed by atoms with E-state index in [-0.39, 0.29) is 5.91 Å². The Kier molecular flexibility index (Phi) is 3.83. The van der Waals surface area contributed by atoms with Crippen LogP contribution in [0.4, 0.5) is 5.69 Å². The van der Waals surface area contributed by atoms with E-state index in [0.29, 0.717) is 12.5 Å². The van der Waals surface area contributed by atoms with Gasteiger partial charge in [-0.25, -0.2) is 0 Å². The van der Waals surface area contributed by atoms with Crippen LogP contribution in [-0.2, 0) is 4.79 Å². The predicted molar refractivity (Wildman–Crippen MR) is 77.1 cm³/mol. The van der Waals surface area contributed by atoms with Gasteiger partial charge in [0.15, 0.2) is 0 Å². The first-order chi connectivity index (χ1) is 9.33. The minimum Gasteiger partial charge on any atom is -0.311 e. The minimum absolute atomic E-state index is 0.207. The zero-order valence-corrected chi connectivity index (χ0v) is 11.3. The van der Waals surface area contributed by atoms with E-state index in [1.165, 1.54) is 25.7 Å². The lowest BCUT2D eigenvalue weighted by atomic mass is 10.2. The average Bonchev–Trinajstić information content (AvgIpc) is 3.31. The number of nitrogens with one attached hydrogen (secondary N) is 1. The first-order valence-electron chi connectivity index (χ1n) is 7.39. The molecule has 102 valence electrons. The SMILES string of the molecule is O=C(CNCC1CC1)N(CC1CC1)c1ccccc1. The Morgan fingerprint density at radius 3 is 2.42 bits per heavy atom. The van der Waals surface area contributed by atoms with Gasteiger partial charge >= 0.3 is 0 Å². The van der Waals surface area contributed by atoms with Crippen LogP contribution < -0.4 is 10.2 Å². The molecule has 0 atom stereocenters. The highest BCUT2D eigenvalue weighted by Gasteiger charge is 2.28. The van der Waals surface area contributed by atoms with Gasteiger partial charge in [-0.3, -0.25) is 4.79 Å². The lowest BCUT2D eigenvalue weighted by molar-refractivity contribution is -0.117. The second kappa shape index (κ2) is 5.74. The van der Waals surface area contributed by atoms with Gasteiger partial charge in [-0.1, -0.05) is 18.2 Å². The van der Waals surface area contributed by atoms with Crippen molar-refractivity contribution in [2.45, 2.75) is 25.7 Å². The number of carbonyl (C=O) groups excluding carboxylic acids is 1. The fourth-order valence-corrected chi connectivity index (χ4v) is 2.32. The highest BCUT2D eigenvalue weighted by atomic mass is 16.2. The Morgan fingerprint density at radius 2 is 1.79 bits per heavy atom. The number of benzene rings is 1. The largest absolute Gasteiger partial charge is 0.311 e. The van der Waals surface area contributed by atoms with Crippen molar-refractivity contribution in [2.24, 2.45) is 11.8 Å². The number of rotatable bonds is 7. The van der Waals surface area contributed by atoms with Crippen molar-refractivity contribution in [3.05, 3.63) is 30.3 Å². The molecule has 1 N–H and O–H groups in total. The Balaban J connectivity index is 1.58. The highest BCUT2D eigenvalue weighted by Crippen LogP contribution is 2.31. The van der Waals surface area contributed by atoms with Gasteiger partial charge < -0.3 is 10.2 Å². The van der Waals surface area contributed by atoms with E-state index in [1.54, 1.807) is 0 Å². The monoisotopic (exact) mass is 258 g/mol. The molecule has 0 spiro atoms. The van der Waals surface area contributed by atoms with E-state index in [9.17, 15) is 4.79 Å². The molecule has 0 aromatic heterocycles. The van der Waals surface area contributed by atoms with Gasteiger partial charge in [0.1, 0.15) is 0 Å². The smallest absolute Gasteiger partial charge is 0.240 e. The van der Waals surface area contributed by atoms with Crippen molar-refractivity contribution < 1.29 is 4.79 Å². The van der Waals surface area contributed by atoms with Crippen LogP contribution in [0, 0.1) is 11.8 Å². The standard InChI is InChI=1S/C16H22N2O/c19-16(11-17-10-13-6-7-13)18(12-14-8-9-14)15-4-2-1-3-5-15/h1-5,13-14,17H,6-12H2. The maximum absolute atomic E-state index is 12.4.